The summed E-state index contributed by atoms with van der Waals surface area (Å²) >= 11 is 0. The predicted molar refractivity (Wildman–Crippen MR) is 72.0 cm³/mol. The second-order valence-electron chi connectivity index (χ2n) is 5.67. The third-order valence-electron chi connectivity index (χ3n) is 4.68. The van der Waals surface area contributed by atoms with Crippen LogP contribution >= 0.6 is 0 Å². The van der Waals surface area contributed by atoms with E-state index in [2.05, 4.69) is 4.90 Å². The number of hydrogen-bond acceptors (Lipinski definition) is 2. The lowest BCUT2D eigenvalue weighted by Gasteiger charge is -2.33. The van der Waals surface area contributed by atoms with Crippen molar-refractivity contribution in [2.75, 3.05) is 11.4 Å². The summed E-state index contributed by atoms with van der Waals surface area (Å²) in [5.74, 6) is -0.848. The quantitative estimate of drug-likeness (QED) is 0.890. The molecule has 3 rings (SSSR count). The Morgan fingerprint density at radius 2 is 1.89 bits per heavy atom. The van der Waals surface area contributed by atoms with Crippen molar-refractivity contribution in [3.8, 4) is 0 Å². The molecule has 1 heterocycles. The van der Waals surface area contributed by atoms with E-state index in [0.29, 0.717) is 17.6 Å². The number of fused-ring (bicyclic) bond motifs is 1. The summed E-state index contributed by atoms with van der Waals surface area (Å²) in [6.07, 6.45) is 5.90. The zero-order valence-corrected chi connectivity index (χ0v) is 11.0. The molecule has 2 fully saturated rings. The Morgan fingerprint density at radius 1 is 1.11 bits per heavy atom. The Bertz CT molecular complexity index is 475. The molecule has 1 saturated carbocycles. The van der Waals surface area contributed by atoms with Crippen molar-refractivity contribution in [2.45, 2.75) is 44.7 Å². The lowest BCUT2D eigenvalue weighted by atomic mass is 9.85. The van der Waals surface area contributed by atoms with E-state index in [0.717, 1.165) is 19.4 Å². The van der Waals surface area contributed by atoms with E-state index in [9.17, 15) is 8.78 Å². The van der Waals surface area contributed by atoms with Gasteiger partial charge in [-0.15, -0.1) is 0 Å². The van der Waals surface area contributed by atoms with Crippen LogP contribution in [0.3, 0.4) is 0 Å². The molecule has 2 unspecified atom stereocenters. The zero-order valence-electron chi connectivity index (χ0n) is 11.0. The second-order valence-corrected chi connectivity index (χ2v) is 5.67. The summed E-state index contributed by atoms with van der Waals surface area (Å²) in [6, 6.07) is 3.70. The highest BCUT2D eigenvalue weighted by Gasteiger charge is 2.37. The fourth-order valence-corrected chi connectivity index (χ4v) is 3.66. The fourth-order valence-electron chi connectivity index (χ4n) is 3.66. The molecular formula is C15H20F2N2. The molecule has 19 heavy (non-hydrogen) atoms. The molecule has 0 aromatic heterocycles. The Labute approximate surface area is 112 Å². The van der Waals surface area contributed by atoms with Crippen molar-refractivity contribution in [2.24, 2.45) is 11.7 Å². The molecule has 2 aliphatic rings. The van der Waals surface area contributed by atoms with Gasteiger partial charge >= 0.3 is 0 Å². The number of nitrogens with two attached hydrogens (primary N) is 1. The highest BCUT2D eigenvalue weighted by Crippen LogP contribution is 2.40. The van der Waals surface area contributed by atoms with E-state index < -0.39 is 11.6 Å². The van der Waals surface area contributed by atoms with Crippen LogP contribution in [0.2, 0.25) is 0 Å². The number of benzene rings is 1. The first-order chi connectivity index (χ1) is 9.22. The minimum absolute atomic E-state index is 0.0368. The molecule has 4 heteroatoms. The summed E-state index contributed by atoms with van der Waals surface area (Å²) in [7, 11) is 0. The maximum Gasteiger partial charge on any atom is 0.182 e. The van der Waals surface area contributed by atoms with Crippen LogP contribution in [0.1, 0.15) is 37.7 Å². The number of anilines is 1. The summed E-state index contributed by atoms with van der Waals surface area (Å²) in [6.45, 7) is 0.878. The first kappa shape index (κ1) is 12.9. The molecule has 2 nitrogen and oxygen atoms in total. The highest BCUT2D eigenvalue weighted by atomic mass is 19.2. The second kappa shape index (κ2) is 5.08. The van der Waals surface area contributed by atoms with Gasteiger partial charge in [0.2, 0.25) is 0 Å². The monoisotopic (exact) mass is 266 g/mol. The molecule has 1 aromatic carbocycles. The maximum atomic E-state index is 14.2. The van der Waals surface area contributed by atoms with Crippen molar-refractivity contribution in [1.29, 1.82) is 0 Å². The normalized spacial score (nSPS) is 26.6. The van der Waals surface area contributed by atoms with Crippen molar-refractivity contribution >= 4 is 5.69 Å². The summed E-state index contributed by atoms with van der Waals surface area (Å²) in [5.41, 5.74) is 6.08. The molecular weight excluding hydrogens is 246 g/mol. The number of rotatable bonds is 2. The van der Waals surface area contributed by atoms with Crippen molar-refractivity contribution in [3.63, 3.8) is 0 Å². The molecule has 1 saturated heterocycles. The van der Waals surface area contributed by atoms with Crippen LogP contribution in [0.25, 0.3) is 0 Å². The third kappa shape index (κ3) is 2.12. The van der Waals surface area contributed by atoms with Gasteiger partial charge in [-0.05, 0) is 31.2 Å². The van der Waals surface area contributed by atoms with Crippen LogP contribution in [0.4, 0.5) is 14.5 Å². The molecule has 0 amide bonds. The Kier molecular flexibility index (Phi) is 3.44. The van der Waals surface area contributed by atoms with Gasteiger partial charge in [0.1, 0.15) is 0 Å². The van der Waals surface area contributed by atoms with Crippen LogP contribution in [0, 0.1) is 17.6 Å². The van der Waals surface area contributed by atoms with Crippen LogP contribution in [0.15, 0.2) is 12.1 Å². The van der Waals surface area contributed by atoms with Gasteiger partial charge in [-0.1, -0.05) is 18.9 Å². The van der Waals surface area contributed by atoms with Crippen LogP contribution in [-0.4, -0.2) is 12.6 Å². The molecule has 1 aliphatic carbocycles. The van der Waals surface area contributed by atoms with Crippen molar-refractivity contribution in [1.82, 2.24) is 0 Å². The Hall–Kier alpha value is -1.16. The molecule has 2 atom stereocenters. The maximum absolute atomic E-state index is 14.2. The first-order valence-corrected chi connectivity index (χ1v) is 7.16. The van der Waals surface area contributed by atoms with E-state index in [1.54, 1.807) is 12.1 Å². The average molecular weight is 266 g/mol. The van der Waals surface area contributed by atoms with Gasteiger partial charge in [0.25, 0.3) is 0 Å². The molecule has 2 N–H and O–H groups in total. The molecule has 0 bridgehead atoms. The lowest BCUT2D eigenvalue weighted by Crippen LogP contribution is -2.35. The highest BCUT2D eigenvalue weighted by molar-refractivity contribution is 5.52. The predicted octanol–water partition coefficient (Wildman–Crippen LogP) is 3.19. The summed E-state index contributed by atoms with van der Waals surface area (Å²) < 4.78 is 28.0. The smallest absolute Gasteiger partial charge is 0.182 e. The standard InChI is InChI=1S/C15H20F2N2/c16-14-11(9-18)5-6-13(15(14)17)19-8-7-10-3-1-2-4-12(10)19/h5-6,10,12H,1-4,7-9,18H2. The number of hydrogen-bond donors (Lipinski definition) is 1. The van der Waals surface area contributed by atoms with Gasteiger partial charge in [0.05, 0.1) is 5.69 Å². The van der Waals surface area contributed by atoms with Gasteiger partial charge in [-0.2, -0.15) is 0 Å². The molecule has 0 radical (unpaired) electrons. The largest absolute Gasteiger partial charge is 0.366 e. The Balaban J connectivity index is 1.92. The van der Waals surface area contributed by atoms with E-state index in [1.165, 1.54) is 19.3 Å². The Morgan fingerprint density at radius 3 is 2.68 bits per heavy atom. The molecule has 0 spiro atoms. The average Bonchev–Trinajstić information content (AvgIpc) is 2.86. The van der Waals surface area contributed by atoms with Crippen molar-refractivity contribution in [3.05, 3.63) is 29.3 Å². The topological polar surface area (TPSA) is 29.3 Å². The number of halogens is 2. The van der Waals surface area contributed by atoms with Crippen LogP contribution in [-0.2, 0) is 6.54 Å². The summed E-state index contributed by atoms with van der Waals surface area (Å²) in [5, 5.41) is 0. The third-order valence-corrected chi connectivity index (χ3v) is 4.68. The van der Waals surface area contributed by atoms with Gasteiger partial charge in [-0.3, -0.25) is 0 Å². The SMILES string of the molecule is NCc1ccc(N2CCC3CCCCC32)c(F)c1F. The minimum Gasteiger partial charge on any atom is -0.366 e. The first-order valence-electron chi connectivity index (χ1n) is 7.16. The van der Waals surface area contributed by atoms with E-state index >= 15 is 0 Å². The lowest BCUT2D eigenvalue weighted by molar-refractivity contribution is 0.340. The zero-order chi connectivity index (χ0) is 13.4. The van der Waals surface area contributed by atoms with Gasteiger partial charge in [0, 0.05) is 24.7 Å². The van der Waals surface area contributed by atoms with Crippen LogP contribution < -0.4 is 10.6 Å². The molecule has 1 aliphatic heterocycles. The fraction of sp³-hybridized carbons (Fsp3) is 0.600. The van der Waals surface area contributed by atoms with E-state index in [4.69, 9.17) is 5.73 Å². The molecule has 1 aromatic rings. The molecule has 104 valence electrons. The van der Waals surface area contributed by atoms with Crippen molar-refractivity contribution < 1.29 is 8.78 Å². The van der Waals surface area contributed by atoms with Crippen LogP contribution in [0.5, 0.6) is 0 Å². The number of nitrogens with zero attached hydrogens (tertiary/aromatic N) is 1. The summed E-state index contributed by atoms with van der Waals surface area (Å²) in [4.78, 5) is 2.07. The van der Waals surface area contributed by atoms with Gasteiger partial charge in [0.15, 0.2) is 11.6 Å². The van der Waals surface area contributed by atoms with E-state index in [-0.39, 0.29) is 12.1 Å². The van der Waals surface area contributed by atoms with E-state index in [1.807, 2.05) is 0 Å². The minimum atomic E-state index is -0.778. The van der Waals surface area contributed by atoms with Gasteiger partial charge < -0.3 is 10.6 Å². The van der Waals surface area contributed by atoms with Gasteiger partial charge in [-0.25, -0.2) is 8.78 Å².